The maximum Gasteiger partial charge on any atom is 0.305 e. The minimum atomic E-state index is -3.82. The predicted molar refractivity (Wildman–Crippen MR) is 167 cm³/mol. The Bertz CT molecular complexity index is 1470. The quantitative estimate of drug-likeness (QED) is 0.307. The second-order valence-electron chi connectivity index (χ2n) is 12.2. The fourth-order valence-electron chi connectivity index (χ4n) is 5.36. The van der Waals surface area contributed by atoms with E-state index in [2.05, 4.69) is 26.9 Å². The molecule has 234 valence electrons. The van der Waals surface area contributed by atoms with Crippen molar-refractivity contribution in [2.75, 3.05) is 76.3 Å². The molecule has 1 saturated carbocycles. The molecule has 2 aromatic heterocycles. The van der Waals surface area contributed by atoms with Gasteiger partial charge in [-0.1, -0.05) is 37.3 Å². The van der Waals surface area contributed by atoms with Crippen LogP contribution < -0.4 is 14.9 Å². The number of rotatable bonds is 13. The minimum Gasteiger partial charge on any atom is -0.419 e. The van der Waals surface area contributed by atoms with Crippen molar-refractivity contribution in [2.45, 2.75) is 32.2 Å². The molecule has 1 aliphatic carbocycles. The van der Waals surface area contributed by atoms with E-state index in [1.807, 2.05) is 50.4 Å². The van der Waals surface area contributed by atoms with Crippen LogP contribution in [0.25, 0.3) is 11.5 Å². The molecule has 1 aliphatic heterocycles. The zero-order valence-electron chi connectivity index (χ0n) is 25.8. The number of methoxy groups -OCH3 is 1. The van der Waals surface area contributed by atoms with Crippen LogP contribution in [0.4, 0.5) is 11.6 Å². The molecular formula is C30H44N8O4S. The van der Waals surface area contributed by atoms with Gasteiger partial charge in [0, 0.05) is 59.0 Å². The number of hydrogen-bond donors (Lipinski definition) is 1. The van der Waals surface area contributed by atoms with Crippen LogP contribution in [0.5, 0.6) is 0 Å². The monoisotopic (exact) mass is 612 g/mol. The van der Waals surface area contributed by atoms with E-state index < -0.39 is 15.7 Å². The fraction of sp³-hybridized carbons (Fsp3) is 0.567. The van der Waals surface area contributed by atoms with Gasteiger partial charge < -0.3 is 24.7 Å². The molecule has 12 nitrogen and oxygen atoms in total. The van der Waals surface area contributed by atoms with Gasteiger partial charge in [-0.2, -0.15) is 12.7 Å². The van der Waals surface area contributed by atoms with Gasteiger partial charge in [-0.05, 0) is 56.3 Å². The standard InChI is InChI=1S/C30H44N8O4S/c1-22-17-25(22)21-37(15-16-41-5)27-19-24(18-26(32-27)36(4)43(39,40)38-13-11-35(3)12-14-38)28-33-34-29(42-28)30(2,31)20-23-9-7-6-8-10-23/h6-10,18-19,22,25H,11-17,20-21,31H2,1-5H3/t22?,25?,30-/m1/s1. The number of pyridine rings is 1. The third-order valence-electron chi connectivity index (χ3n) is 8.45. The Balaban J connectivity index is 1.51. The molecule has 43 heavy (non-hydrogen) atoms. The van der Waals surface area contributed by atoms with E-state index >= 15 is 0 Å². The minimum absolute atomic E-state index is 0.251. The molecule has 2 unspecified atom stereocenters. The summed E-state index contributed by atoms with van der Waals surface area (Å²) in [6, 6.07) is 13.5. The lowest BCUT2D eigenvalue weighted by Gasteiger charge is -2.34. The summed E-state index contributed by atoms with van der Waals surface area (Å²) in [5.74, 6) is 2.64. The first-order chi connectivity index (χ1) is 20.5. The van der Waals surface area contributed by atoms with E-state index in [1.165, 1.54) is 8.61 Å². The van der Waals surface area contributed by atoms with Crippen LogP contribution in [0.15, 0.2) is 46.9 Å². The second kappa shape index (κ2) is 12.9. The van der Waals surface area contributed by atoms with Crippen LogP contribution in [0.2, 0.25) is 0 Å². The van der Waals surface area contributed by atoms with Gasteiger partial charge in [0.15, 0.2) is 0 Å². The van der Waals surface area contributed by atoms with E-state index in [-0.39, 0.29) is 11.7 Å². The molecule has 2 fully saturated rings. The number of hydrogen-bond acceptors (Lipinski definition) is 10. The SMILES string of the molecule is COCCN(CC1CC1C)c1cc(-c2nnc([C@](C)(N)Cc3ccccc3)o2)cc(N(C)S(=O)(=O)N2CCN(C)CC2)n1. The highest BCUT2D eigenvalue weighted by Gasteiger charge is 2.36. The zero-order chi connectivity index (χ0) is 30.8. The Labute approximate surface area is 255 Å². The predicted octanol–water partition coefficient (Wildman–Crippen LogP) is 2.59. The average molecular weight is 613 g/mol. The van der Waals surface area contributed by atoms with Crippen LogP contribution in [0.3, 0.4) is 0 Å². The summed E-state index contributed by atoms with van der Waals surface area (Å²) in [5, 5.41) is 8.67. The molecule has 13 heteroatoms. The van der Waals surface area contributed by atoms with Crippen molar-refractivity contribution in [3.63, 3.8) is 0 Å². The number of benzene rings is 1. The molecule has 0 amide bonds. The number of likely N-dealkylation sites (N-methyl/N-ethyl adjacent to an activating group) is 1. The van der Waals surface area contributed by atoms with E-state index in [4.69, 9.17) is 19.9 Å². The topological polar surface area (TPSA) is 134 Å². The highest BCUT2D eigenvalue weighted by molar-refractivity contribution is 7.90. The molecular weight excluding hydrogens is 568 g/mol. The average Bonchev–Trinajstić information content (AvgIpc) is 3.45. The van der Waals surface area contributed by atoms with Crippen molar-refractivity contribution in [1.29, 1.82) is 0 Å². The largest absolute Gasteiger partial charge is 0.419 e. The van der Waals surface area contributed by atoms with Gasteiger partial charge in [0.05, 0.1) is 12.1 Å². The van der Waals surface area contributed by atoms with Crippen molar-refractivity contribution >= 4 is 21.8 Å². The summed E-state index contributed by atoms with van der Waals surface area (Å²) in [5.41, 5.74) is 7.39. The maximum atomic E-state index is 13.7. The summed E-state index contributed by atoms with van der Waals surface area (Å²) >= 11 is 0. The van der Waals surface area contributed by atoms with Crippen LogP contribution in [0, 0.1) is 11.8 Å². The van der Waals surface area contributed by atoms with Gasteiger partial charge in [-0.25, -0.2) is 9.29 Å². The number of nitrogens with two attached hydrogens (primary N) is 1. The van der Waals surface area contributed by atoms with E-state index in [9.17, 15) is 8.42 Å². The first kappa shape index (κ1) is 31.3. The van der Waals surface area contributed by atoms with Gasteiger partial charge in [0.2, 0.25) is 11.8 Å². The molecule has 2 aliphatic rings. The third kappa shape index (κ3) is 7.35. The van der Waals surface area contributed by atoms with E-state index in [1.54, 1.807) is 20.2 Å². The summed E-state index contributed by atoms with van der Waals surface area (Å²) < 4.78 is 41.8. The first-order valence-electron chi connectivity index (χ1n) is 14.8. The number of anilines is 2. The summed E-state index contributed by atoms with van der Waals surface area (Å²) in [7, 11) is 1.38. The fourth-order valence-corrected chi connectivity index (χ4v) is 6.66. The highest BCUT2D eigenvalue weighted by atomic mass is 32.2. The van der Waals surface area contributed by atoms with Crippen molar-refractivity contribution in [1.82, 2.24) is 24.4 Å². The third-order valence-corrected chi connectivity index (χ3v) is 10.3. The van der Waals surface area contributed by atoms with Gasteiger partial charge in [-0.3, -0.25) is 0 Å². The molecule has 0 radical (unpaired) electrons. The maximum absolute atomic E-state index is 13.7. The number of piperazine rings is 1. The number of nitrogens with zero attached hydrogens (tertiary/aromatic N) is 7. The van der Waals surface area contributed by atoms with E-state index in [0.717, 1.165) is 18.5 Å². The van der Waals surface area contributed by atoms with Crippen molar-refractivity contribution < 1.29 is 17.6 Å². The Morgan fingerprint density at radius 1 is 1.12 bits per heavy atom. The highest BCUT2D eigenvalue weighted by Crippen LogP contribution is 2.39. The zero-order valence-corrected chi connectivity index (χ0v) is 26.6. The molecule has 5 rings (SSSR count). The molecule has 0 spiro atoms. The van der Waals surface area contributed by atoms with Crippen LogP contribution in [-0.2, 0) is 26.9 Å². The molecule has 2 N–H and O–H groups in total. The van der Waals surface area contributed by atoms with E-state index in [0.29, 0.717) is 74.9 Å². The Morgan fingerprint density at radius 2 is 1.79 bits per heavy atom. The Morgan fingerprint density at radius 3 is 2.44 bits per heavy atom. The smallest absolute Gasteiger partial charge is 0.305 e. The Hall–Kier alpha value is -3.10. The lowest BCUT2D eigenvalue weighted by Crippen LogP contribution is -2.51. The molecule has 0 bridgehead atoms. The normalized spacial score (nSPS) is 21.0. The first-order valence-corrected chi connectivity index (χ1v) is 16.2. The molecule has 3 aromatic rings. The Kier molecular flexibility index (Phi) is 9.37. The second-order valence-corrected chi connectivity index (χ2v) is 14.1. The summed E-state index contributed by atoms with van der Waals surface area (Å²) in [4.78, 5) is 9.14. The summed E-state index contributed by atoms with van der Waals surface area (Å²) in [6.45, 7) is 8.18. The molecule has 1 saturated heterocycles. The van der Waals surface area contributed by atoms with Gasteiger partial charge >= 0.3 is 10.2 Å². The number of aromatic nitrogens is 3. The number of ether oxygens (including phenoxy) is 1. The summed E-state index contributed by atoms with van der Waals surface area (Å²) in [6.07, 6.45) is 1.66. The van der Waals surface area contributed by atoms with Crippen LogP contribution in [-0.4, -0.2) is 99.9 Å². The van der Waals surface area contributed by atoms with Crippen LogP contribution in [0.1, 0.15) is 31.7 Å². The van der Waals surface area contributed by atoms with Crippen molar-refractivity contribution in [3.05, 3.63) is 53.9 Å². The van der Waals surface area contributed by atoms with Gasteiger partial charge in [0.25, 0.3) is 0 Å². The van der Waals surface area contributed by atoms with Crippen molar-refractivity contribution in [3.8, 4) is 11.5 Å². The lowest BCUT2D eigenvalue weighted by molar-refractivity contribution is 0.204. The van der Waals surface area contributed by atoms with Crippen molar-refractivity contribution in [2.24, 2.45) is 17.6 Å². The lowest BCUT2D eigenvalue weighted by atomic mass is 9.94. The van der Waals surface area contributed by atoms with Gasteiger partial charge in [-0.15, -0.1) is 10.2 Å². The molecule has 3 atom stereocenters. The van der Waals surface area contributed by atoms with Gasteiger partial charge in [0.1, 0.15) is 11.6 Å². The molecule has 1 aromatic carbocycles. The molecule has 3 heterocycles. The van der Waals surface area contributed by atoms with Crippen LogP contribution >= 0.6 is 0 Å².